The minimum atomic E-state index is -0.855. The van der Waals surface area contributed by atoms with Crippen molar-refractivity contribution in [3.63, 3.8) is 0 Å². The van der Waals surface area contributed by atoms with Crippen LogP contribution in [0.3, 0.4) is 0 Å². The standard InChI is InChI=1S/C12H18N2O3/c1-7(13)12(16)10-6-9(17-3)4-5-11(10)14-8(2)15/h4-7,12,16H,13H2,1-3H3,(H,14,15). The first-order valence-corrected chi connectivity index (χ1v) is 5.35. The Kier molecular flexibility index (Phi) is 4.48. The van der Waals surface area contributed by atoms with Gasteiger partial charge in [-0.2, -0.15) is 0 Å². The molecule has 0 spiro atoms. The van der Waals surface area contributed by atoms with Crippen LogP contribution in [0, 0.1) is 0 Å². The molecule has 2 atom stereocenters. The van der Waals surface area contributed by atoms with Crippen molar-refractivity contribution < 1.29 is 14.6 Å². The number of ether oxygens (including phenoxy) is 1. The van der Waals surface area contributed by atoms with E-state index in [2.05, 4.69) is 5.32 Å². The van der Waals surface area contributed by atoms with Crippen LogP contribution in [-0.4, -0.2) is 24.2 Å². The van der Waals surface area contributed by atoms with Crippen LogP contribution in [0.4, 0.5) is 5.69 Å². The summed E-state index contributed by atoms with van der Waals surface area (Å²) in [7, 11) is 1.54. The summed E-state index contributed by atoms with van der Waals surface area (Å²) in [4.78, 5) is 11.1. The average molecular weight is 238 g/mol. The van der Waals surface area contributed by atoms with Crippen LogP contribution in [0.15, 0.2) is 18.2 Å². The first-order valence-electron chi connectivity index (χ1n) is 5.35. The minimum Gasteiger partial charge on any atom is -0.497 e. The predicted molar refractivity (Wildman–Crippen MR) is 65.9 cm³/mol. The van der Waals surface area contributed by atoms with Gasteiger partial charge in [-0.3, -0.25) is 4.79 Å². The second-order valence-corrected chi connectivity index (χ2v) is 3.94. The molecule has 0 fully saturated rings. The molecule has 5 nitrogen and oxygen atoms in total. The summed E-state index contributed by atoms with van der Waals surface area (Å²) in [5.74, 6) is 0.405. The maximum absolute atomic E-state index is 11.1. The normalized spacial score (nSPS) is 13.9. The molecule has 0 bridgehead atoms. The Hall–Kier alpha value is -1.59. The van der Waals surface area contributed by atoms with Crippen molar-refractivity contribution in [2.45, 2.75) is 26.0 Å². The Labute approximate surface area is 101 Å². The van der Waals surface area contributed by atoms with Crippen LogP contribution in [0.2, 0.25) is 0 Å². The van der Waals surface area contributed by atoms with Gasteiger partial charge in [-0.1, -0.05) is 0 Å². The van der Waals surface area contributed by atoms with Gasteiger partial charge in [0, 0.05) is 24.2 Å². The number of aliphatic hydroxyl groups excluding tert-OH is 1. The molecule has 17 heavy (non-hydrogen) atoms. The van der Waals surface area contributed by atoms with Gasteiger partial charge in [0.15, 0.2) is 0 Å². The van der Waals surface area contributed by atoms with Crippen molar-refractivity contribution in [1.82, 2.24) is 0 Å². The molecule has 1 rings (SSSR count). The van der Waals surface area contributed by atoms with E-state index in [-0.39, 0.29) is 5.91 Å². The van der Waals surface area contributed by atoms with Crippen LogP contribution < -0.4 is 15.8 Å². The third kappa shape index (κ3) is 3.44. The number of benzene rings is 1. The number of methoxy groups -OCH3 is 1. The van der Waals surface area contributed by atoms with E-state index in [1.807, 2.05) is 0 Å². The second kappa shape index (κ2) is 5.65. The van der Waals surface area contributed by atoms with Gasteiger partial charge in [-0.15, -0.1) is 0 Å². The van der Waals surface area contributed by atoms with E-state index < -0.39 is 12.1 Å². The number of nitrogens with two attached hydrogens (primary N) is 1. The lowest BCUT2D eigenvalue weighted by Crippen LogP contribution is -2.25. The number of carbonyl (C=O) groups is 1. The van der Waals surface area contributed by atoms with Gasteiger partial charge in [0.05, 0.1) is 13.2 Å². The summed E-state index contributed by atoms with van der Waals surface area (Å²) in [6, 6.07) is 4.62. The van der Waals surface area contributed by atoms with Crippen molar-refractivity contribution in [2.24, 2.45) is 5.73 Å². The molecule has 0 aliphatic heterocycles. The topological polar surface area (TPSA) is 84.6 Å². The minimum absolute atomic E-state index is 0.201. The van der Waals surface area contributed by atoms with E-state index in [4.69, 9.17) is 10.5 Å². The zero-order valence-corrected chi connectivity index (χ0v) is 10.2. The smallest absolute Gasteiger partial charge is 0.221 e. The lowest BCUT2D eigenvalue weighted by Gasteiger charge is -2.19. The fraction of sp³-hybridized carbons (Fsp3) is 0.417. The summed E-state index contributed by atoms with van der Waals surface area (Å²) >= 11 is 0. The summed E-state index contributed by atoms with van der Waals surface area (Å²) in [6.07, 6.45) is -0.855. The molecule has 0 radical (unpaired) electrons. The van der Waals surface area contributed by atoms with Crippen LogP contribution in [0.5, 0.6) is 5.75 Å². The maximum Gasteiger partial charge on any atom is 0.221 e. The Balaban J connectivity index is 3.15. The summed E-state index contributed by atoms with van der Waals surface area (Å²) in [5.41, 5.74) is 6.75. The molecule has 0 aliphatic carbocycles. The van der Waals surface area contributed by atoms with Crippen LogP contribution in [0.25, 0.3) is 0 Å². The zero-order valence-electron chi connectivity index (χ0n) is 10.2. The van der Waals surface area contributed by atoms with E-state index in [9.17, 15) is 9.90 Å². The lowest BCUT2D eigenvalue weighted by molar-refractivity contribution is -0.114. The molecule has 1 aromatic rings. The van der Waals surface area contributed by atoms with Crippen LogP contribution >= 0.6 is 0 Å². The van der Waals surface area contributed by atoms with E-state index >= 15 is 0 Å². The first kappa shape index (κ1) is 13.5. The first-order chi connectivity index (χ1) is 7.95. The van der Waals surface area contributed by atoms with E-state index in [1.54, 1.807) is 25.1 Å². The number of nitrogens with one attached hydrogen (secondary N) is 1. The number of amides is 1. The number of aliphatic hydroxyl groups is 1. The van der Waals surface area contributed by atoms with Gasteiger partial charge in [0.25, 0.3) is 0 Å². The fourth-order valence-corrected chi connectivity index (χ4v) is 1.50. The third-order valence-electron chi connectivity index (χ3n) is 2.39. The molecular formula is C12H18N2O3. The molecule has 0 aromatic heterocycles. The molecule has 0 saturated carbocycles. The third-order valence-corrected chi connectivity index (χ3v) is 2.39. The molecule has 94 valence electrons. The Morgan fingerprint density at radius 1 is 1.53 bits per heavy atom. The highest BCUT2D eigenvalue weighted by molar-refractivity contribution is 5.89. The van der Waals surface area contributed by atoms with Crippen molar-refractivity contribution in [2.75, 3.05) is 12.4 Å². The van der Waals surface area contributed by atoms with Crippen molar-refractivity contribution in [3.05, 3.63) is 23.8 Å². The van der Waals surface area contributed by atoms with Crippen LogP contribution in [-0.2, 0) is 4.79 Å². The SMILES string of the molecule is COc1ccc(NC(C)=O)c(C(O)C(C)N)c1. The van der Waals surface area contributed by atoms with Crippen molar-refractivity contribution >= 4 is 11.6 Å². The second-order valence-electron chi connectivity index (χ2n) is 3.94. The van der Waals surface area contributed by atoms with E-state index in [1.165, 1.54) is 14.0 Å². The molecule has 0 aliphatic rings. The average Bonchev–Trinajstić information content (AvgIpc) is 2.27. The number of hydrogen-bond donors (Lipinski definition) is 3. The summed E-state index contributed by atoms with van der Waals surface area (Å²) < 4.78 is 5.08. The molecule has 2 unspecified atom stereocenters. The number of anilines is 1. The number of carbonyl (C=O) groups excluding carboxylic acids is 1. The number of rotatable bonds is 4. The molecule has 5 heteroatoms. The van der Waals surface area contributed by atoms with Gasteiger partial charge in [0.2, 0.25) is 5.91 Å². The zero-order chi connectivity index (χ0) is 13.0. The van der Waals surface area contributed by atoms with E-state index in [0.29, 0.717) is 17.0 Å². The van der Waals surface area contributed by atoms with Gasteiger partial charge in [-0.25, -0.2) is 0 Å². The molecule has 1 amide bonds. The summed E-state index contributed by atoms with van der Waals surface area (Å²) in [5, 5.41) is 12.6. The largest absolute Gasteiger partial charge is 0.497 e. The van der Waals surface area contributed by atoms with Gasteiger partial charge in [0.1, 0.15) is 5.75 Å². The summed E-state index contributed by atoms with van der Waals surface area (Å²) in [6.45, 7) is 3.11. The number of hydrogen-bond acceptors (Lipinski definition) is 4. The van der Waals surface area contributed by atoms with Gasteiger partial charge in [-0.05, 0) is 25.1 Å². The quantitative estimate of drug-likeness (QED) is 0.731. The molecule has 0 heterocycles. The van der Waals surface area contributed by atoms with E-state index in [0.717, 1.165) is 0 Å². The highest BCUT2D eigenvalue weighted by Gasteiger charge is 2.17. The highest BCUT2D eigenvalue weighted by atomic mass is 16.5. The van der Waals surface area contributed by atoms with Crippen molar-refractivity contribution in [1.29, 1.82) is 0 Å². The molecule has 0 saturated heterocycles. The molecule has 1 aromatic carbocycles. The lowest BCUT2D eigenvalue weighted by atomic mass is 10.0. The Morgan fingerprint density at radius 3 is 2.65 bits per heavy atom. The highest BCUT2D eigenvalue weighted by Crippen LogP contribution is 2.28. The predicted octanol–water partition coefficient (Wildman–Crippen LogP) is 1.03. The monoisotopic (exact) mass is 238 g/mol. The van der Waals surface area contributed by atoms with Crippen molar-refractivity contribution in [3.8, 4) is 5.75 Å². The van der Waals surface area contributed by atoms with Crippen LogP contribution in [0.1, 0.15) is 25.5 Å². The fourth-order valence-electron chi connectivity index (χ4n) is 1.50. The Bertz CT molecular complexity index is 405. The molecular weight excluding hydrogens is 220 g/mol. The van der Waals surface area contributed by atoms with Gasteiger partial charge < -0.3 is 20.9 Å². The van der Waals surface area contributed by atoms with Gasteiger partial charge >= 0.3 is 0 Å². The Morgan fingerprint density at radius 2 is 2.18 bits per heavy atom. The maximum atomic E-state index is 11.1. The molecule has 4 N–H and O–H groups in total.